The maximum absolute atomic E-state index is 9.79. The van der Waals surface area contributed by atoms with E-state index in [1.807, 2.05) is 30.3 Å². The molecule has 1 aromatic carbocycles. The van der Waals surface area contributed by atoms with Gasteiger partial charge in [-0.05, 0) is 19.1 Å². The Morgan fingerprint density at radius 3 is 2.82 bits per heavy atom. The van der Waals surface area contributed by atoms with E-state index >= 15 is 0 Å². The Kier molecular flexibility index (Phi) is 3.53. The third-order valence-electron chi connectivity index (χ3n) is 2.31. The smallest absolute Gasteiger partial charge is 0.113 e. The molecule has 1 unspecified atom stereocenters. The summed E-state index contributed by atoms with van der Waals surface area (Å²) in [5, 5.41) is 18.1. The molecule has 0 spiro atoms. The molecule has 1 aromatic heterocycles. The molecule has 86 valence electrons. The summed E-state index contributed by atoms with van der Waals surface area (Å²) in [6.45, 7) is 1.74. The zero-order valence-electron chi connectivity index (χ0n) is 9.54. The number of hydrogen-bond acceptors (Lipinski definition) is 3. The van der Waals surface area contributed by atoms with Crippen LogP contribution < -0.4 is 0 Å². The molecule has 4 heteroatoms. The van der Waals surface area contributed by atoms with Gasteiger partial charge in [0.1, 0.15) is 11.8 Å². The number of nitrogens with zero attached hydrogens (tertiary/aromatic N) is 3. The van der Waals surface area contributed by atoms with Crippen molar-refractivity contribution in [2.24, 2.45) is 0 Å². The Morgan fingerprint density at radius 1 is 1.35 bits per heavy atom. The Balaban J connectivity index is 2.18. The van der Waals surface area contributed by atoms with Crippen LogP contribution in [-0.4, -0.2) is 20.1 Å². The molecule has 0 fully saturated rings. The molecule has 2 rings (SSSR count). The van der Waals surface area contributed by atoms with Gasteiger partial charge in [0.2, 0.25) is 0 Å². The molecular formula is C13H13N3O. The molecule has 0 aliphatic rings. The van der Waals surface area contributed by atoms with Crippen molar-refractivity contribution < 1.29 is 5.11 Å². The number of aromatic nitrogens is 3. The predicted octanol–water partition coefficient (Wildman–Crippen LogP) is 1.71. The van der Waals surface area contributed by atoms with Crippen molar-refractivity contribution in [1.82, 2.24) is 15.0 Å². The van der Waals surface area contributed by atoms with Gasteiger partial charge in [0.05, 0.1) is 11.9 Å². The molecule has 0 radical (unpaired) electrons. The highest BCUT2D eigenvalue weighted by molar-refractivity contribution is 5.28. The van der Waals surface area contributed by atoms with Crippen molar-refractivity contribution in [3.05, 3.63) is 42.2 Å². The lowest BCUT2D eigenvalue weighted by atomic mass is 10.2. The number of aliphatic hydroxyl groups excluding tert-OH is 1. The van der Waals surface area contributed by atoms with Crippen LogP contribution in [-0.2, 0) is 0 Å². The number of benzene rings is 1. The maximum Gasteiger partial charge on any atom is 0.113 e. The van der Waals surface area contributed by atoms with Gasteiger partial charge in [-0.2, -0.15) is 15.0 Å². The normalized spacial score (nSPS) is 11.6. The molecule has 0 bridgehead atoms. The van der Waals surface area contributed by atoms with Gasteiger partial charge in [-0.25, -0.2) is 0 Å². The molecule has 4 nitrogen and oxygen atoms in total. The molecule has 0 aliphatic carbocycles. The maximum atomic E-state index is 9.79. The van der Waals surface area contributed by atoms with Crippen molar-refractivity contribution >= 4 is 0 Å². The van der Waals surface area contributed by atoms with E-state index in [1.54, 1.807) is 13.1 Å². The summed E-state index contributed by atoms with van der Waals surface area (Å²) in [6, 6.07) is 9.57. The molecule has 0 amide bonds. The Bertz CT molecular complexity index is 537. The molecule has 17 heavy (non-hydrogen) atoms. The van der Waals surface area contributed by atoms with E-state index in [2.05, 4.69) is 22.0 Å². The van der Waals surface area contributed by atoms with Crippen molar-refractivity contribution in [1.29, 1.82) is 0 Å². The van der Waals surface area contributed by atoms with E-state index < -0.39 is 6.10 Å². The fourth-order valence-corrected chi connectivity index (χ4v) is 1.42. The molecule has 1 heterocycles. The minimum Gasteiger partial charge on any atom is -0.386 e. The Labute approximate surface area is 99.9 Å². The van der Waals surface area contributed by atoms with E-state index in [4.69, 9.17) is 0 Å². The summed E-state index contributed by atoms with van der Waals surface area (Å²) in [5.41, 5.74) is 1.41. The van der Waals surface area contributed by atoms with Gasteiger partial charge in [0.15, 0.2) is 0 Å². The van der Waals surface area contributed by atoms with Crippen molar-refractivity contribution in [3.63, 3.8) is 0 Å². The molecule has 0 aliphatic heterocycles. The summed E-state index contributed by atoms with van der Waals surface area (Å²) in [5.74, 6) is 5.56. The molecule has 1 atom stereocenters. The SMILES string of the molecule is CC#CCC(O)c1cnn(-c2ccccc2)n1. The largest absolute Gasteiger partial charge is 0.386 e. The summed E-state index contributed by atoms with van der Waals surface area (Å²) in [4.78, 5) is 1.50. The lowest BCUT2D eigenvalue weighted by molar-refractivity contribution is 0.178. The van der Waals surface area contributed by atoms with Gasteiger partial charge in [0.25, 0.3) is 0 Å². The molecule has 2 aromatic rings. The monoisotopic (exact) mass is 227 g/mol. The highest BCUT2D eigenvalue weighted by atomic mass is 16.3. The minimum atomic E-state index is -0.681. The molecule has 1 N–H and O–H groups in total. The first-order valence-electron chi connectivity index (χ1n) is 5.36. The number of hydrogen-bond donors (Lipinski definition) is 1. The van der Waals surface area contributed by atoms with Crippen LogP contribution in [0.2, 0.25) is 0 Å². The topological polar surface area (TPSA) is 50.9 Å². The van der Waals surface area contributed by atoms with E-state index in [0.717, 1.165) is 5.69 Å². The number of rotatable bonds is 3. The van der Waals surface area contributed by atoms with Crippen LogP contribution in [0.4, 0.5) is 0 Å². The van der Waals surface area contributed by atoms with E-state index in [1.165, 1.54) is 4.80 Å². The standard InChI is InChI=1S/C13H13N3O/c1-2-3-9-13(17)12-10-14-16(15-12)11-7-5-4-6-8-11/h4-8,10,13,17H,9H2,1H3. The van der Waals surface area contributed by atoms with Gasteiger partial charge in [0, 0.05) is 6.42 Å². The number of para-hydroxylation sites is 1. The van der Waals surface area contributed by atoms with Crippen LogP contribution in [0.5, 0.6) is 0 Å². The van der Waals surface area contributed by atoms with Gasteiger partial charge in [-0.1, -0.05) is 18.2 Å². The van der Waals surface area contributed by atoms with E-state index in [0.29, 0.717) is 12.1 Å². The van der Waals surface area contributed by atoms with Gasteiger partial charge in [-0.3, -0.25) is 0 Å². The van der Waals surface area contributed by atoms with E-state index in [-0.39, 0.29) is 0 Å². The second-order valence-corrected chi connectivity index (χ2v) is 3.54. The highest BCUT2D eigenvalue weighted by Crippen LogP contribution is 2.13. The first kappa shape index (κ1) is 11.4. The fraction of sp³-hybridized carbons (Fsp3) is 0.231. The first-order chi connectivity index (χ1) is 8.31. The molecule has 0 saturated carbocycles. The minimum absolute atomic E-state index is 0.379. The quantitative estimate of drug-likeness (QED) is 0.812. The second kappa shape index (κ2) is 5.28. The lowest BCUT2D eigenvalue weighted by Crippen LogP contribution is -2.01. The Morgan fingerprint density at radius 2 is 2.12 bits per heavy atom. The lowest BCUT2D eigenvalue weighted by Gasteiger charge is -2.01. The number of aliphatic hydroxyl groups is 1. The van der Waals surface area contributed by atoms with Crippen LogP contribution in [0, 0.1) is 11.8 Å². The van der Waals surface area contributed by atoms with Crippen LogP contribution >= 0.6 is 0 Å². The van der Waals surface area contributed by atoms with Crippen LogP contribution in [0.3, 0.4) is 0 Å². The molecular weight excluding hydrogens is 214 g/mol. The van der Waals surface area contributed by atoms with Crippen molar-refractivity contribution in [2.45, 2.75) is 19.4 Å². The zero-order chi connectivity index (χ0) is 12.1. The summed E-state index contributed by atoms with van der Waals surface area (Å²) >= 11 is 0. The average molecular weight is 227 g/mol. The van der Waals surface area contributed by atoms with Crippen molar-refractivity contribution in [3.8, 4) is 17.5 Å². The summed E-state index contributed by atoms with van der Waals surface area (Å²) in [7, 11) is 0. The van der Waals surface area contributed by atoms with E-state index in [9.17, 15) is 5.11 Å². The summed E-state index contributed by atoms with van der Waals surface area (Å²) < 4.78 is 0. The Hall–Kier alpha value is -2.12. The zero-order valence-corrected chi connectivity index (χ0v) is 9.54. The third kappa shape index (κ3) is 2.71. The summed E-state index contributed by atoms with van der Waals surface area (Å²) in [6.07, 6.45) is 1.26. The van der Waals surface area contributed by atoms with Crippen LogP contribution in [0.25, 0.3) is 5.69 Å². The van der Waals surface area contributed by atoms with Gasteiger partial charge < -0.3 is 5.11 Å². The molecule has 0 saturated heterocycles. The van der Waals surface area contributed by atoms with Gasteiger partial charge in [-0.15, -0.1) is 11.8 Å². The third-order valence-corrected chi connectivity index (χ3v) is 2.31. The average Bonchev–Trinajstić information content (AvgIpc) is 2.86. The van der Waals surface area contributed by atoms with Gasteiger partial charge >= 0.3 is 0 Å². The predicted molar refractivity (Wildman–Crippen MR) is 64.4 cm³/mol. The second-order valence-electron chi connectivity index (χ2n) is 3.54. The van der Waals surface area contributed by atoms with Crippen LogP contribution in [0.15, 0.2) is 36.5 Å². The van der Waals surface area contributed by atoms with Crippen molar-refractivity contribution in [2.75, 3.05) is 0 Å². The fourth-order valence-electron chi connectivity index (χ4n) is 1.42. The van der Waals surface area contributed by atoms with Crippen LogP contribution in [0.1, 0.15) is 25.1 Å². The first-order valence-corrected chi connectivity index (χ1v) is 5.36. The highest BCUT2D eigenvalue weighted by Gasteiger charge is 2.11.